The van der Waals surface area contributed by atoms with E-state index < -0.39 is 17.2 Å². The molecule has 0 bridgehead atoms. The third-order valence-corrected chi connectivity index (χ3v) is 2.98. The quantitative estimate of drug-likeness (QED) is 0.804. The number of aliphatic hydroxyl groups is 1. The summed E-state index contributed by atoms with van der Waals surface area (Å²) in [7, 11) is 0. The summed E-state index contributed by atoms with van der Waals surface area (Å²) in [5.74, 6) is -1.17. The molecule has 1 aromatic rings. The van der Waals surface area contributed by atoms with Crippen molar-refractivity contribution in [3.05, 3.63) is 35.4 Å². The number of rotatable bonds is 2. The van der Waals surface area contributed by atoms with E-state index in [1.807, 2.05) is 0 Å². The number of halogens is 2. The molecule has 1 aliphatic heterocycles. The Hall–Kier alpha value is -1.00. The van der Waals surface area contributed by atoms with E-state index in [0.717, 1.165) is 19.0 Å². The van der Waals surface area contributed by atoms with Crippen LogP contribution in [0.4, 0.5) is 8.78 Å². The first-order valence-corrected chi connectivity index (χ1v) is 5.46. The van der Waals surface area contributed by atoms with E-state index in [2.05, 4.69) is 5.32 Å². The monoisotopic (exact) mass is 227 g/mol. The number of benzene rings is 1. The van der Waals surface area contributed by atoms with Gasteiger partial charge in [-0.25, -0.2) is 8.78 Å². The SMILES string of the molecule is OC1(Cc2ccc(F)cc2F)CCCNC1. The largest absolute Gasteiger partial charge is 0.388 e. The van der Waals surface area contributed by atoms with Crippen LogP contribution in [-0.4, -0.2) is 23.8 Å². The zero-order valence-electron chi connectivity index (χ0n) is 8.97. The predicted molar refractivity (Wildman–Crippen MR) is 57.1 cm³/mol. The van der Waals surface area contributed by atoms with Gasteiger partial charge in [0.05, 0.1) is 5.60 Å². The smallest absolute Gasteiger partial charge is 0.129 e. The molecule has 0 amide bonds. The molecule has 2 nitrogen and oxygen atoms in total. The maximum Gasteiger partial charge on any atom is 0.129 e. The van der Waals surface area contributed by atoms with E-state index in [0.29, 0.717) is 18.5 Å². The van der Waals surface area contributed by atoms with Crippen LogP contribution in [-0.2, 0) is 6.42 Å². The van der Waals surface area contributed by atoms with Crippen molar-refractivity contribution in [2.45, 2.75) is 24.9 Å². The topological polar surface area (TPSA) is 32.3 Å². The maximum atomic E-state index is 13.4. The summed E-state index contributed by atoms with van der Waals surface area (Å²) >= 11 is 0. The van der Waals surface area contributed by atoms with Crippen molar-refractivity contribution in [1.29, 1.82) is 0 Å². The molecule has 0 radical (unpaired) electrons. The van der Waals surface area contributed by atoms with E-state index in [-0.39, 0.29) is 6.42 Å². The highest BCUT2D eigenvalue weighted by Gasteiger charge is 2.30. The molecule has 2 rings (SSSR count). The summed E-state index contributed by atoms with van der Waals surface area (Å²) < 4.78 is 26.1. The molecule has 88 valence electrons. The Morgan fingerprint density at radius 3 is 2.81 bits per heavy atom. The molecule has 0 saturated carbocycles. The second-order valence-corrected chi connectivity index (χ2v) is 4.42. The van der Waals surface area contributed by atoms with E-state index >= 15 is 0 Å². The third kappa shape index (κ3) is 2.57. The lowest BCUT2D eigenvalue weighted by molar-refractivity contribution is 0.0162. The van der Waals surface area contributed by atoms with Gasteiger partial charge in [0.2, 0.25) is 0 Å². The molecule has 2 N–H and O–H groups in total. The lowest BCUT2D eigenvalue weighted by Gasteiger charge is -2.32. The minimum Gasteiger partial charge on any atom is -0.388 e. The minimum absolute atomic E-state index is 0.228. The van der Waals surface area contributed by atoms with Crippen molar-refractivity contribution < 1.29 is 13.9 Å². The summed E-state index contributed by atoms with van der Waals surface area (Å²) in [4.78, 5) is 0. The molecule has 0 spiro atoms. The van der Waals surface area contributed by atoms with Crippen molar-refractivity contribution in [2.24, 2.45) is 0 Å². The van der Waals surface area contributed by atoms with Crippen LogP contribution in [0.2, 0.25) is 0 Å². The number of piperidine rings is 1. The Labute approximate surface area is 93.3 Å². The number of hydrogen-bond acceptors (Lipinski definition) is 2. The normalized spacial score (nSPS) is 25.7. The van der Waals surface area contributed by atoms with Crippen molar-refractivity contribution >= 4 is 0 Å². The Balaban J connectivity index is 2.13. The van der Waals surface area contributed by atoms with Crippen LogP contribution in [0.25, 0.3) is 0 Å². The lowest BCUT2D eigenvalue weighted by atomic mass is 9.87. The van der Waals surface area contributed by atoms with E-state index in [1.165, 1.54) is 12.1 Å². The van der Waals surface area contributed by atoms with Gasteiger partial charge in [-0.05, 0) is 31.0 Å². The number of nitrogens with one attached hydrogen (secondary N) is 1. The van der Waals surface area contributed by atoms with Gasteiger partial charge in [0.1, 0.15) is 11.6 Å². The van der Waals surface area contributed by atoms with Crippen LogP contribution in [0.5, 0.6) is 0 Å². The maximum absolute atomic E-state index is 13.4. The van der Waals surface area contributed by atoms with Crippen LogP contribution in [0.1, 0.15) is 18.4 Å². The molecule has 1 aromatic carbocycles. The molecule has 0 aromatic heterocycles. The number of hydrogen-bond donors (Lipinski definition) is 2. The van der Waals surface area contributed by atoms with Gasteiger partial charge in [0.25, 0.3) is 0 Å². The second-order valence-electron chi connectivity index (χ2n) is 4.42. The second kappa shape index (κ2) is 4.47. The molecular formula is C12H15F2NO. The molecule has 1 fully saturated rings. The fourth-order valence-electron chi connectivity index (χ4n) is 2.12. The third-order valence-electron chi connectivity index (χ3n) is 2.98. The van der Waals surface area contributed by atoms with Crippen molar-refractivity contribution in [1.82, 2.24) is 5.32 Å². The van der Waals surface area contributed by atoms with E-state index in [9.17, 15) is 13.9 Å². The first-order valence-electron chi connectivity index (χ1n) is 5.46. The van der Waals surface area contributed by atoms with Gasteiger partial charge in [-0.3, -0.25) is 0 Å². The zero-order valence-corrected chi connectivity index (χ0v) is 8.97. The Bertz CT molecular complexity index is 375. The average Bonchev–Trinajstić information content (AvgIpc) is 2.23. The Morgan fingerprint density at radius 1 is 1.38 bits per heavy atom. The minimum atomic E-state index is -0.906. The summed E-state index contributed by atoms with van der Waals surface area (Å²) in [6, 6.07) is 3.48. The predicted octanol–water partition coefficient (Wildman–Crippen LogP) is 1.62. The molecule has 1 unspecified atom stereocenters. The van der Waals surface area contributed by atoms with Gasteiger partial charge in [-0.2, -0.15) is 0 Å². The molecule has 1 atom stereocenters. The molecule has 4 heteroatoms. The molecule has 0 aliphatic carbocycles. The highest BCUT2D eigenvalue weighted by molar-refractivity contribution is 5.21. The van der Waals surface area contributed by atoms with Gasteiger partial charge >= 0.3 is 0 Å². The molecule has 1 heterocycles. The van der Waals surface area contributed by atoms with Crippen molar-refractivity contribution in [2.75, 3.05) is 13.1 Å². The van der Waals surface area contributed by atoms with Crippen molar-refractivity contribution in [3.8, 4) is 0 Å². The van der Waals surface area contributed by atoms with Gasteiger partial charge < -0.3 is 10.4 Å². The molecule has 1 saturated heterocycles. The van der Waals surface area contributed by atoms with Crippen molar-refractivity contribution in [3.63, 3.8) is 0 Å². The summed E-state index contributed by atoms with van der Waals surface area (Å²) in [6.07, 6.45) is 1.75. The Morgan fingerprint density at radius 2 is 2.19 bits per heavy atom. The van der Waals surface area contributed by atoms with Gasteiger partial charge in [0, 0.05) is 19.0 Å². The van der Waals surface area contributed by atoms with Crippen LogP contribution >= 0.6 is 0 Å². The fourth-order valence-corrected chi connectivity index (χ4v) is 2.12. The number of β-amino-alcohol motifs (C(OH)–C–C–N with tert-alkyl or cyclic N) is 1. The fraction of sp³-hybridized carbons (Fsp3) is 0.500. The highest BCUT2D eigenvalue weighted by Crippen LogP contribution is 2.23. The first-order chi connectivity index (χ1) is 7.59. The van der Waals surface area contributed by atoms with Gasteiger partial charge in [0.15, 0.2) is 0 Å². The molecular weight excluding hydrogens is 212 g/mol. The average molecular weight is 227 g/mol. The first kappa shape index (κ1) is 11.5. The van der Waals surface area contributed by atoms with Crippen LogP contribution in [0.15, 0.2) is 18.2 Å². The Kier molecular flexibility index (Phi) is 3.21. The summed E-state index contributed by atoms with van der Waals surface area (Å²) in [5, 5.41) is 13.3. The van der Waals surface area contributed by atoms with Crippen LogP contribution < -0.4 is 5.32 Å². The van der Waals surface area contributed by atoms with E-state index in [4.69, 9.17) is 0 Å². The highest BCUT2D eigenvalue weighted by atomic mass is 19.1. The van der Waals surface area contributed by atoms with Crippen LogP contribution in [0.3, 0.4) is 0 Å². The van der Waals surface area contributed by atoms with E-state index in [1.54, 1.807) is 0 Å². The molecule has 16 heavy (non-hydrogen) atoms. The lowest BCUT2D eigenvalue weighted by Crippen LogP contribution is -2.47. The summed E-state index contributed by atoms with van der Waals surface area (Å²) in [6.45, 7) is 1.35. The van der Waals surface area contributed by atoms with Crippen LogP contribution in [0, 0.1) is 11.6 Å². The zero-order chi connectivity index (χ0) is 11.6. The standard InChI is InChI=1S/C12H15F2NO/c13-10-3-2-9(11(14)6-10)7-12(16)4-1-5-15-8-12/h2-3,6,15-16H,1,4-5,7-8H2. The molecule has 1 aliphatic rings. The van der Waals surface area contributed by atoms with Gasteiger partial charge in [-0.15, -0.1) is 0 Å². The summed E-state index contributed by atoms with van der Waals surface area (Å²) in [5.41, 5.74) is -0.538. The van der Waals surface area contributed by atoms with Gasteiger partial charge in [-0.1, -0.05) is 6.07 Å².